The fourth-order valence-electron chi connectivity index (χ4n) is 7.53. The first kappa shape index (κ1) is 25.0. The number of hydrogen-bond donors (Lipinski definition) is 0. The van der Waals surface area contributed by atoms with Gasteiger partial charge in [0.2, 0.25) is 0 Å². The van der Waals surface area contributed by atoms with Crippen molar-refractivity contribution in [1.82, 2.24) is 0 Å². The highest BCUT2D eigenvalue weighted by Gasteiger charge is 2.20. The third-order valence-electron chi connectivity index (χ3n) is 9.59. The molecule has 45 heavy (non-hydrogen) atoms. The Balaban J connectivity index is 1.26. The zero-order valence-corrected chi connectivity index (χ0v) is 25.2. The zero-order valence-electron chi connectivity index (χ0n) is 24.4. The first-order valence-electron chi connectivity index (χ1n) is 15.5. The highest BCUT2D eigenvalue weighted by Crippen LogP contribution is 2.49. The van der Waals surface area contributed by atoms with E-state index in [9.17, 15) is 0 Å². The first-order chi connectivity index (χ1) is 22.3. The van der Waals surface area contributed by atoms with Gasteiger partial charge in [-0.05, 0) is 112 Å². The van der Waals surface area contributed by atoms with E-state index < -0.39 is 0 Å². The number of hydrogen-bond acceptors (Lipinski definition) is 1. The standard InChI is InChI=1S/C44H26S/c1-3-13-34-27(8-1)10-5-15-36(34)44-35-14-4-2-9-32(35)24-33-21-19-28-18-20-30(25-38(28)43(33)44)31-22-23-40-39(26-31)37-16-6-11-29-12-7-17-41(45-40)42(29)37/h1-26H. The molecule has 0 saturated heterocycles. The van der Waals surface area contributed by atoms with E-state index in [0.29, 0.717) is 0 Å². The third-order valence-corrected chi connectivity index (χ3v) is 10.7. The second-order valence-corrected chi connectivity index (χ2v) is 13.2. The predicted octanol–water partition coefficient (Wildman–Crippen LogP) is 12.9. The second-order valence-electron chi connectivity index (χ2n) is 12.1. The summed E-state index contributed by atoms with van der Waals surface area (Å²) in [6.45, 7) is 0. The van der Waals surface area contributed by atoms with Crippen molar-refractivity contribution >= 4 is 65.6 Å². The predicted molar refractivity (Wildman–Crippen MR) is 194 cm³/mol. The van der Waals surface area contributed by atoms with Crippen molar-refractivity contribution in [2.24, 2.45) is 0 Å². The van der Waals surface area contributed by atoms with Gasteiger partial charge in [-0.2, -0.15) is 0 Å². The largest absolute Gasteiger partial charge is 0.0888 e. The van der Waals surface area contributed by atoms with Gasteiger partial charge in [-0.15, -0.1) is 0 Å². The van der Waals surface area contributed by atoms with Crippen molar-refractivity contribution in [2.45, 2.75) is 9.79 Å². The van der Waals surface area contributed by atoms with Crippen molar-refractivity contribution < 1.29 is 0 Å². The molecule has 0 aromatic heterocycles. The van der Waals surface area contributed by atoms with Crippen LogP contribution in [-0.4, -0.2) is 0 Å². The van der Waals surface area contributed by atoms with Crippen LogP contribution >= 0.6 is 11.8 Å². The third kappa shape index (κ3) is 3.75. The molecule has 0 radical (unpaired) electrons. The molecule has 1 aliphatic rings. The zero-order chi connectivity index (χ0) is 29.5. The Labute approximate surface area is 265 Å². The van der Waals surface area contributed by atoms with Gasteiger partial charge in [-0.3, -0.25) is 0 Å². The van der Waals surface area contributed by atoms with E-state index in [4.69, 9.17) is 0 Å². The van der Waals surface area contributed by atoms with E-state index in [0.717, 1.165) is 0 Å². The van der Waals surface area contributed by atoms with Crippen LogP contribution in [0.1, 0.15) is 0 Å². The molecule has 1 heterocycles. The summed E-state index contributed by atoms with van der Waals surface area (Å²) in [7, 11) is 0. The summed E-state index contributed by atoms with van der Waals surface area (Å²) in [5.74, 6) is 0. The second kappa shape index (κ2) is 9.56. The smallest absolute Gasteiger partial charge is 0.0207 e. The summed E-state index contributed by atoms with van der Waals surface area (Å²) in [5, 5.41) is 12.9. The van der Waals surface area contributed by atoms with E-state index in [1.54, 1.807) is 0 Å². The molecule has 9 aromatic rings. The minimum atomic E-state index is 1.24. The molecule has 208 valence electrons. The molecule has 0 saturated carbocycles. The minimum absolute atomic E-state index is 1.24. The Bertz CT molecular complexity index is 2670. The van der Waals surface area contributed by atoms with Crippen LogP contribution in [0.25, 0.3) is 87.2 Å². The molecule has 0 N–H and O–H groups in total. The number of rotatable bonds is 2. The van der Waals surface area contributed by atoms with Gasteiger partial charge in [-0.25, -0.2) is 0 Å². The van der Waals surface area contributed by atoms with E-state index in [-0.39, 0.29) is 0 Å². The average Bonchev–Trinajstić information content (AvgIpc) is 3.10. The summed E-state index contributed by atoms with van der Waals surface area (Å²) in [5.41, 5.74) is 7.73. The molecule has 0 fully saturated rings. The lowest BCUT2D eigenvalue weighted by molar-refractivity contribution is 1.40. The van der Waals surface area contributed by atoms with Gasteiger partial charge < -0.3 is 0 Å². The normalized spacial score (nSPS) is 12.4. The van der Waals surface area contributed by atoms with Crippen molar-refractivity contribution in [1.29, 1.82) is 0 Å². The molecule has 0 spiro atoms. The SMILES string of the molecule is c1ccc2c(-c3c4ccccc4cc4ccc5ccc(-c6ccc7c(c6)-c6cccc8cccc(c68)S7)cc5c34)cccc2c1. The maximum absolute atomic E-state index is 2.42. The van der Waals surface area contributed by atoms with Gasteiger partial charge in [0.25, 0.3) is 0 Å². The number of fused-ring (bicyclic) bond motifs is 7. The van der Waals surface area contributed by atoms with Crippen molar-refractivity contribution in [3.05, 3.63) is 158 Å². The molecule has 1 heteroatoms. The lowest BCUT2D eigenvalue weighted by Crippen LogP contribution is -1.93. The molecule has 0 amide bonds. The summed E-state index contributed by atoms with van der Waals surface area (Å²) >= 11 is 1.88. The van der Waals surface area contributed by atoms with Gasteiger partial charge in [0.15, 0.2) is 0 Å². The van der Waals surface area contributed by atoms with Crippen molar-refractivity contribution in [2.75, 3.05) is 0 Å². The summed E-state index contributed by atoms with van der Waals surface area (Å²) in [4.78, 5) is 2.66. The fourth-order valence-corrected chi connectivity index (χ4v) is 8.66. The molecular formula is C44H26S. The summed E-state index contributed by atoms with van der Waals surface area (Å²) in [6.07, 6.45) is 0. The Morgan fingerprint density at radius 3 is 1.87 bits per heavy atom. The van der Waals surface area contributed by atoms with Crippen LogP contribution in [0.3, 0.4) is 0 Å². The molecule has 0 nitrogen and oxygen atoms in total. The van der Waals surface area contributed by atoms with Crippen molar-refractivity contribution in [3.63, 3.8) is 0 Å². The Morgan fingerprint density at radius 2 is 0.956 bits per heavy atom. The maximum atomic E-state index is 2.42. The van der Waals surface area contributed by atoms with E-state index in [1.165, 1.54) is 97.0 Å². The van der Waals surface area contributed by atoms with Gasteiger partial charge in [0.05, 0.1) is 0 Å². The highest BCUT2D eigenvalue weighted by molar-refractivity contribution is 7.99. The summed E-state index contributed by atoms with van der Waals surface area (Å²) < 4.78 is 0. The first-order valence-corrected chi connectivity index (χ1v) is 16.3. The maximum Gasteiger partial charge on any atom is 0.0207 e. The average molecular weight is 587 g/mol. The van der Waals surface area contributed by atoms with Crippen LogP contribution in [-0.2, 0) is 0 Å². The fraction of sp³-hybridized carbons (Fsp3) is 0. The molecule has 0 atom stereocenters. The van der Waals surface area contributed by atoms with Gasteiger partial charge in [0, 0.05) is 15.2 Å². The Hall–Kier alpha value is -5.37. The lowest BCUT2D eigenvalue weighted by Gasteiger charge is -2.21. The molecule has 10 rings (SSSR count). The molecular weight excluding hydrogens is 561 g/mol. The van der Waals surface area contributed by atoms with Crippen molar-refractivity contribution in [3.8, 4) is 33.4 Å². The van der Waals surface area contributed by atoms with Crippen LogP contribution in [0.4, 0.5) is 0 Å². The van der Waals surface area contributed by atoms with Crippen LogP contribution in [0.2, 0.25) is 0 Å². The van der Waals surface area contributed by atoms with E-state index in [1.807, 2.05) is 11.8 Å². The van der Waals surface area contributed by atoms with Crippen LogP contribution < -0.4 is 0 Å². The van der Waals surface area contributed by atoms with Crippen LogP contribution in [0, 0.1) is 0 Å². The Morgan fingerprint density at radius 1 is 0.311 bits per heavy atom. The topological polar surface area (TPSA) is 0 Å². The molecule has 9 aromatic carbocycles. The van der Waals surface area contributed by atoms with Gasteiger partial charge >= 0.3 is 0 Å². The van der Waals surface area contributed by atoms with E-state index in [2.05, 4.69) is 158 Å². The molecule has 0 aliphatic carbocycles. The summed E-state index contributed by atoms with van der Waals surface area (Å²) in [6, 6.07) is 58.6. The minimum Gasteiger partial charge on any atom is -0.0888 e. The molecule has 1 aliphatic heterocycles. The Kier molecular flexibility index (Phi) is 5.31. The molecule has 0 unspecified atom stereocenters. The van der Waals surface area contributed by atoms with Crippen LogP contribution in [0.15, 0.2) is 168 Å². The molecule has 0 bridgehead atoms. The van der Waals surface area contributed by atoms with Crippen LogP contribution in [0.5, 0.6) is 0 Å². The van der Waals surface area contributed by atoms with E-state index >= 15 is 0 Å². The van der Waals surface area contributed by atoms with Gasteiger partial charge in [-0.1, -0.05) is 139 Å². The van der Waals surface area contributed by atoms with Gasteiger partial charge in [0.1, 0.15) is 0 Å². The quantitative estimate of drug-likeness (QED) is 0.143. The number of benzene rings is 9. The monoisotopic (exact) mass is 586 g/mol. The highest BCUT2D eigenvalue weighted by atomic mass is 32.2. The lowest BCUT2D eigenvalue weighted by atomic mass is 9.86.